The molecule has 1 amide bonds. The van der Waals surface area contributed by atoms with Gasteiger partial charge in [0, 0.05) is 18.7 Å². The van der Waals surface area contributed by atoms with Crippen LogP contribution in [-0.4, -0.2) is 21.9 Å². The van der Waals surface area contributed by atoms with Crippen molar-refractivity contribution in [3.63, 3.8) is 0 Å². The number of nitrogens with one attached hydrogen (secondary N) is 1. The highest BCUT2D eigenvalue weighted by molar-refractivity contribution is 5.93. The number of aromatic nitrogens is 2. The minimum Gasteiger partial charge on any atom is -0.362 e. The van der Waals surface area contributed by atoms with E-state index in [-0.39, 0.29) is 23.7 Å². The highest BCUT2D eigenvalue weighted by atomic mass is 16.2. The molecular formula is C17H17N5O. The monoisotopic (exact) mass is 307 g/mol. The molecule has 1 aliphatic heterocycles. The minimum absolute atomic E-state index is 0.0408. The van der Waals surface area contributed by atoms with E-state index in [0.29, 0.717) is 5.82 Å². The van der Waals surface area contributed by atoms with Gasteiger partial charge in [-0.25, -0.2) is 9.97 Å². The van der Waals surface area contributed by atoms with Crippen LogP contribution in [0.1, 0.15) is 37.6 Å². The van der Waals surface area contributed by atoms with Crippen molar-refractivity contribution in [2.24, 2.45) is 0 Å². The first kappa shape index (κ1) is 15.0. The Balaban J connectivity index is 1.92. The van der Waals surface area contributed by atoms with E-state index in [4.69, 9.17) is 5.26 Å². The van der Waals surface area contributed by atoms with Gasteiger partial charge in [0.2, 0.25) is 5.91 Å². The lowest BCUT2D eigenvalue weighted by Crippen LogP contribution is -2.43. The summed E-state index contributed by atoms with van der Waals surface area (Å²) in [5.41, 5.74) is 2.28. The van der Waals surface area contributed by atoms with Crippen LogP contribution in [0.3, 0.4) is 0 Å². The van der Waals surface area contributed by atoms with E-state index < -0.39 is 0 Å². The van der Waals surface area contributed by atoms with Gasteiger partial charge in [0.25, 0.3) is 0 Å². The fraction of sp³-hybridized carbons (Fsp3) is 0.294. The highest BCUT2D eigenvalue weighted by Gasteiger charge is 2.32. The first-order valence-electron chi connectivity index (χ1n) is 7.47. The van der Waals surface area contributed by atoms with Crippen LogP contribution < -0.4 is 10.2 Å². The number of para-hydroxylation sites is 1. The molecule has 0 spiro atoms. The van der Waals surface area contributed by atoms with Gasteiger partial charge in [-0.15, -0.1) is 0 Å². The Morgan fingerprint density at radius 1 is 1.35 bits per heavy atom. The fourth-order valence-corrected chi connectivity index (χ4v) is 3.07. The molecule has 0 saturated carbocycles. The molecule has 2 heterocycles. The molecule has 1 N–H and O–H groups in total. The lowest BCUT2D eigenvalue weighted by molar-refractivity contribution is -0.117. The van der Waals surface area contributed by atoms with E-state index >= 15 is 0 Å². The van der Waals surface area contributed by atoms with Gasteiger partial charge >= 0.3 is 0 Å². The van der Waals surface area contributed by atoms with E-state index in [0.717, 1.165) is 17.7 Å². The summed E-state index contributed by atoms with van der Waals surface area (Å²) in [6, 6.07) is 9.97. The zero-order valence-corrected chi connectivity index (χ0v) is 13.0. The number of rotatable bonds is 2. The highest BCUT2D eigenvalue weighted by Crippen LogP contribution is 2.38. The third-order valence-electron chi connectivity index (χ3n) is 4.02. The lowest BCUT2D eigenvalue weighted by Gasteiger charge is -2.39. The molecular weight excluding hydrogens is 290 g/mol. The number of hydrogen-bond acceptors (Lipinski definition) is 5. The number of amides is 1. The number of carbonyl (C=O) groups is 1. The predicted octanol–water partition coefficient (Wildman–Crippen LogP) is 2.65. The molecule has 23 heavy (non-hydrogen) atoms. The SMILES string of the molecule is CC(=O)N1c2ccccc2[C@H](Nc2cnc(C#N)cn2)C[C@@H]1C. The Labute approximate surface area is 134 Å². The van der Waals surface area contributed by atoms with Crippen LogP contribution in [0.15, 0.2) is 36.7 Å². The largest absolute Gasteiger partial charge is 0.362 e. The molecule has 0 saturated heterocycles. The van der Waals surface area contributed by atoms with E-state index in [1.54, 1.807) is 13.1 Å². The van der Waals surface area contributed by atoms with Crippen LogP contribution in [0, 0.1) is 11.3 Å². The Morgan fingerprint density at radius 3 is 2.78 bits per heavy atom. The molecule has 2 atom stereocenters. The first-order chi connectivity index (χ1) is 11.1. The van der Waals surface area contributed by atoms with Crippen LogP contribution in [0.5, 0.6) is 0 Å². The molecule has 1 aromatic carbocycles. The molecule has 6 nitrogen and oxygen atoms in total. The average Bonchev–Trinajstić information content (AvgIpc) is 2.55. The normalized spacial score (nSPS) is 19.6. The molecule has 1 aliphatic rings. The van der Waals surface area contributed by atoms with Gasteiger partial charge in [-0.2, -0.15) is 5.26 Å². The van der Waals surface area contributed by atoms with Crippen molar-refractivity contribution in [1.29, 1.82) is 5.26 Å². The maximum Gasteiger partial charge on any atom is 0.224 e. The molecule has 1 aromatic heterocycles. The number of nitrogens with zero attached hydrogens (tertiary/aromatic N) is 4. The number of carbonyl (C=O) groups excluding carboxylic acids is 1. The van der Waals surface area contributed by atoms with Crippen molar-refractivity contribution in [3.8, 4) is 6.07 Å². The van der Waals surface area contributed by atoms with Crippen molar-refractivity contribution in [2.45, 2.75) is 32.4 Å². The maximum absolute atomic E-state index is 12.0. The Morgan fingerprint density at radius 2 is 2.13 bits per heavy atom. The Bertz CT molecular complexity index is 765. The summed E-state index contributed by atoms with van der Waals surface area (Å²) in [5.74, 6) is 0.661. The summed E-state index contributed by atoms with van der Waals surface area (Å²) >= 11 is 0. The van der Waals surface area contributed by atoms with E-state index in [1.807, 2.05) is 42.2 Å². The second kappa shape index (κ2) is 6.05. The maximum atomic E-state index is 12.0. The van der Waals surface area contributed by atoms with Gasteiger partial charge in [0.15, 0.2) is 5.69 Å². The molecule has 0 bridgehead atoms. The van der Waals surface area contributed by atoms with Gasteiger partial charge in [-0.3, -0.25) is 4.79 Å². The van der Waals surface area contributed by atoms with E-state index in [9.17, 15) is 4.79 Å². The van der Waals surface area contributed by atoms with Crippen molar-refractivity contribution in [2.75, 3.05) is 10.2 Å². The third kappa shape index (κ3) is 2.86. The quantitative estimate of drug-likeness (QED) is 0.922. The smallest absolute Gasteiger partial charge is 0.224 e. The number of anilines is 2. The molecule has 0 radical (unpaired) electrons. The number of hydrogen-bond donors (Lipinski definition) is 1. The summed E-state index contributed by atoms with van der Waals surface area (Å²) in [4.78, 5) is 22.0. The van der Waals surface area contributed by atoms with Crippen molar-refractivity contribution in [3.05, 3.63) is 47.9 Å². The average molecular weight is 307 g/mol. The second-order valence-electron chi connectivity index (χ2n) is 5.63. The molecule has 6 heteroatoms. The number of benzene rings is 1. The van der Waals surface area contributed by atoms with Crippen molar-refractivity contribution >= 4 is 17.4 Å². The molecule has 2 aromatic rings. The second-order valence-corrected chi connectivity index (χ2v) is 5.63. The van der Waals surface area contributed by atoms with Crippen LogP contribution in [0.4, 0.5) is 11.5 Å². The van der Waals surface area contributed by atoms with Crippen molar-refractivity contribution < 1.29 is 4.79 Å². The third-order valence-corrected chi connectivity index (χ3v) is 4.02. The minimum atomic E-state index is 0.0408. The predicted molar refractivity (Wildman–Crippen MR) is 86.8 cm³/mol. The summed E-state index contributed by atoms with van der Waals surface area (Å²) in [7, 11) is 0. The van der Waals surface area contributed by atoms with Crippen LogP contribution in [0.25, 0.3) is 0 Å². The van der Waals surface area contributed by atoms with Gasteiger partial charge in [0.05, 0.1) is 18.4 Å². The molecule has 0 aliphatic carbocycles. The Hall–Kier alpha value is -2.94. The van der Waals surface area contributed by atoms with Gasteiger partial charge in [-0.1, -0.05) is 18.2 Å². The van der Waals surface area contributed by atoms with Crippen molar-refractivity contribution in [1.82, 2.24) is 9.97 Å². The topological polar surface area (TPSA) is 81.9 Å². The summed E-state index contributed by atoms with van der Waals surface area (Å²) in [5, 5.41) is 12.1. The van der Waals surface area contributed by atoms with Crippen LogP contribution in [0.2, 0.25) is 0 Å². The molecule has 116 valence electrons. The summed E-state index contributed by atoms with van der Waals surface area (Å²) in [6.45, 7) is 3.63. The fourth-order valence-electron chi connectivity index (χ4n) is 3.07. The van der Waals surface area contributed by atoms with Crippen LogP contribution in [-0.2, 0) is 4.79 Å². The molecule has 0 fully saturated rings. The van der Waals surface area contributed by atoms with Gasteiger partial charge in [-0.05, 0) is 25.0 Å². The standard InChI is InChI=1S/C17H17N5O/c1-11-7-15(21-17-10-19-13(8-18)9-20-17)14-5-3-4-6-16(14)22(11)12(2)23/h3-6,9-11,15H,7H2,1-2H3,(H,20,21)/t11-,15+/m0/s1. The summed E-state index contributed by atoms with van der Waals surface area (Å²) in [6.07, 6.45) is 3.78. The van der Waals surface area contributed by atoms with E-state index in [1.165, 1.54) is 6.20 Å². The Kier molecular flexibility index (Phi) is 3.94. The zero-order valence-electron chi connectivity index (χ0n) is 13.0. The first-order valence-corrected chi connectivity index (χ1v) is 7.47. The number of fused-ring (bicyclic) bond motifs is 1. The molecule has 0 unspecified atom stereocenters. The zero-order chi connectivity index (χ0) is 16.4. The lowest BCUT2D eigenvalue weighted by atomic mass is 9.91. The van der Waals surface area contributed by atoms with Gasteiger partial charge < -0.3 is 10.2 Å². The van der Waals surface area contributed by atoms with Crippen LogP contribution >= 0.6 is 0 Å². The van der Waals surface area contributed by atoms with Gasteiger partial charge in [0.1, 0.15) is 11.9 Å². The van der Waals surface area contributed by atoms with E-state index in [2.05, 4.69) is 15.3 Å². The molecule has 3 rings (SSSR count). The summed E-state index contributed by atoms with van der Waals surface area (Å²) < 4.78 is 0. The number of nitriles is 1.